The van der Waals surface area contributed by atoms with Crippen molar-refractivity contribution in [1.82, 2.24) is 4.98 Å². The van der Waals surface area contributed by atoms with Crippen molar-refractivity contribution in [2.45, 2.75) is 31.6 Å². The topological polar surface area (TPSA) is 57.6 Å². The van der Waals surface area contributed by atoms with Crippen LogP contribution >= 0.6 is 0 Å². The SMILES string of the molecule is COCOc1cnccc1C1Cc2ccc(OC)cc2C(C)(C)C1=O. The Hall–Kier alpha value is -2.40. The molecule has 0 saturated heterocycles. The van der Waals surface area contributed by atoms with Gasteiger partial charge >= 0.3 is 0 Å². The number of aromatic nitrogens is 1. The van der Waals surface area contributed by atoms with Gasteiger partial charge in [-0.1, -0.05) is 6.07 Å². The van der Waals surface area contributed by atoms with Gasteiger partial charge in [-0.2, -0.15) is 0 Å². The van der Waals surface area contributed by atoms with E-state index in [4.69, 9.17) is 14.2 Å². The molecule has 1 heterocycles. The number of pyridine rings is 1. The molecule has 0 fully saturated rings. The van der Waals surface area contributed by atoms with Crippen LogP contribution in [-0.4, -0.2) is 31.8 Å². The molecule has 5 heteroatoms. The molecular weight excluding hydrogens is 318 g/mol. The summed E-state index contributed by atoms with van der Waals surface area (Å²) in [6.07, 6.45) is 3.96. The lowest BCUT2D eigenvalue weighted by Crippen LogP contribution is -2.39. The molecule has 1 aliphatic rings. The highest BCUT2D eigenvalue weighted by atomic mass is 16.7. The third-order valence-corrected chi connectivity index (χ3v) is 4.87. The Morgan fingerprint density at radius 1 is 1.24 bits per heavy atom. The summed E-state index contributed by atoms with van der Waals surface area (Å²) in [4.78, 5) is 17.4. The summed E-state index contributed by atoms with van der Waals surface area (Å²) in [5.41, 5.74) is 2.44. The molecule has 1 aromatic carbocycles. The first-order valence-corrected chi connectivity index (χ1v) is 8.26. The number of carbonyl (C=O) groups is 1. The van der Waals surface area contributed by atoms with Gasteiger partial charge in [-0.15, -0.1) is 0 Å². The first kappa shape index (κ1) is 17.4. The van der Waals surface area contributed by atoms with Gasteiger partial charge in [0.15, 0.2) is 12.6 Å². The fraction of sp³-hybridized carbons (Fsp3) is 0.400. The number of rotatable bonds is 5. The first-order valence-electron chi connectivity index (χ1n) is 8.26. The number of methoxy groups -OCH3 is 2. The van der Waals surface area contributed by atoms with Gasteiger partial charge < -0.3 is 14.2 Å². The third-order valence-electron chi connectivity index (χ3n) is 4.87. The summed E-state index contributed by atoms with van der Waals surface area (Å²) >= 11 is 0. The van der Waals surface area contributed by atoms with Crippen LogP contribution in [0, 0.1) is 0 Å². The number of fused-ring (bicyclic) bond motifs is 1. The van der Waals surface area contributed by atoms with Gasteiger partial charge in [0.05, 0.1) is 19.2 Å². The molecule has 0 N–H and O–H groups in total. The average molecular weight is 341 g/mol. The summed E-state index contributed by atoms with van der Waals surface area (Å²) in [7, 11) is 3.20. The minimum atomic E-state index is -0.603. The molecule has 0 saturated carbocycles. The van der Waals surface area contributed by atoms with E-state index in [-0.39, 0.29) is 18.5 Å². The van der Waals surface area contributed by atoms with Crippen LogP contribution in [0.1, 0.15) is 36.5 Å². The molecule has 132 valence electrons. The van der Waals surface area contributed by atoms with Crippen LogP contribution in [0.4, 0.5) is 0 Å². The van der Waals surface area contributed by atoms with Crippen molar-refractivity contribution in [1.29, 1.82) is 0 Å². The smallest absolute Gasteiger partial charge is 0.188 e. The van der Waals surface area contributed by atoms with E-state index < -0.39 is 5.41 Å². The maximum atomic E-state index is 13.3. The zero-order valence-corrected chi connectivity index (χ0v) is 15.0. The van der Waals surface area contributed by atoms with Crippen LogP contribution in [0.25, 0.3) is 0 Å². The fourth-order valence-electron chi connectivity index (χ4n) is 3.50. The normalized spacial score (nSPS) is 18.6. The highest BCUT2D eigenvalue weighted by molar-refractivity contribution is 5.97. The quantitative estimate of drug-likeness (QED) is 0.781. The third kappa shape index (κ3) is 3.12. The molecule has 1 aromatic heterocycles. The van der Waals surface area contributed by atoms with Crippen molar-refractivity contribution in [3.63, 3.8) is 0 Å². The highest BCUT2D eigenvalue weighted by Crippen LogP contribution is 2.43. The molecule has 25 heavy (non-hydrogen) atoms. The largest absolute Gasteiger partial charge is 0.497 e. The van der Waals surface area contributed by atoms with Crippen LogP contribution in [0.2, 0.25) is 0 Å². The summed E-state index contributed by atoms with van der Waals surface area (Å²) in [6.45, 7) is 4.06. The number of hydrogen-bond donors (Lipinski definition) is 0. The highest BCUT2D eigenvalue weighted by Gasteiger charge is 2.42. The maximum absolute atomic E-state index is 13.3. The van der Waals surface area contributed by atoms with Crippen molar-refractivity contribution >= 4 is 5.78 Å². The van der Waals surface area contributed by atoms with Crippen LogP contribution in [-0.2, 0) is 21.4 Å². The van der Waals surface area contributed by atoms with Gasteiger partial charge in [-0.3, -0.25) is 9.78 Å². The molecule has 1 aliphatic carbocycles. The molecule has 3 rings (SSSR count). The van der Waals surface area contributed by atoms with Gasteiger partial charge in [0.2, 0.25) is 0 Å². The van der Waals surface area contributed by atoms with Crippen LogP contribution in [0.5, 0.6) is 11.5 Å². The summed E-state index contributed by atoms with van der Waals surface area (Å²) in [5, 5.41) is 0. The van der Waals surface area contributed by atoms with E-state index in [2.05, 4.69) is 4.98 Å². The van der Waals surface area contributed by atoms with E-state index in [9.17, 15) is 4.79 Å². The van der Waals surface area contributed by atoms with E-state index in [1.807, 2.05) is 38.1 Å². The van der Waals surface area contributed by atoms with E-state index in [1.165, 1.54) is 0 Å². The number of ether oxygens (including phenoxy) is 3. The minimum Gasteiger partial charge on any atom is -0.497 e. The second-order valence-corrected chi connectivity index (χ2v) is 6.73. The van der Waals surface area contributed by atoms with Gasteiger partial charge in [0, 0.05) is 24.3 Å². The molecule has 2 aromatic rings. The predicted molar refractivity (Wildman–Crippen MR) is 94.2 cm³/mol. The molecular formula is C20H23NO4. The molecule has 5 nitrogen and oxygen atoms in total. The Bertz CT molecular complexity index is 785. The maximum Gasteiger partial charge on any atom is 0.188 e. The summed E-state index contributed by atoms with van der Waals surface area (Å²) in [5.74, 6) is 1.26. The first-order chi connectivity index (χ1) is 12.0. The van der Waals surface area contributed by atoms with E-state index >= 15 is 0 Å². The Morgan fingerprint density at radius 3 is 2.76 bits per heavy atom. The Balaban J connectivity index is 2.04. The Labute approximate surface area is 147 Å². The monoisotopic (exact) mass is 341 g/mol. The lowest BCUT2D eigenvalue weighted by Gasteiger charge is -2.36. The van der Waals surface area contributed by atoms with Gasteiger partial charge in [0.25, 0.3) is 0 Å². The summed E-state index contributed by atoms with van der Waals surface area (Å²) in [6, 6.07) is 7.82. The van der Waals surface area contributed by atoms with Gasteiger partial charge in [0.1, 0.15) is 11.5 Å². The molecule has 0 amide bonds. The van der Waals surface area contributed by atoms with Crippen molar-refractivity contribution in [3.05, 3.63) is 53.3 Å². The van der Waals surface area contributed by atoms with E-state index in [1.54, 1.807) is 26.6 Å². The second-order valence-electron chi connectivity index (χ2n) is 6.73. The van der Waals surface area contributed by atoms with Crippen LogP contribution in [0.3, 0.4) is 0 Å². The van der Waals surface area contributed by atoms with Crippen LogP contribution in [0.15, 0.2) is 36.7 Å². The molecule has 0 radical (unpaired) electrons. The van der Waals surface area contributed by atoms with E-state index in [0.717, 1.165) is 22.4 Å². The number of nitrogens with zero attached hydrogens (tertiary/aromatic N) is 1. The number of Topliss-reactive ketones (excluding diaryl/α,β-unsaturated/α-hetero) is 1. The number of ketones is 1. The zero-order chi connectivity index (χ0) is 18.0. The molecule has 1 unspecified atom stereocenters. The number of carbonyl (C=O) groups excluding carboxylic acids is 1. The van der Waals surface area contributed by atoms with Crippen molar-refractivity contribution < 1.29 is 19.0 Å². The van der Waals surface area contributed by atoms with E-state index in [0.29, 0.717) is 12.2 Å². The molecule has 0 aliphatic heterocycles. The lowest BCUT2D eigenvalue weighted by atomic mass is 9.65. The lowest BCUT2D eigenvalue weighted by molar-refractivity contribution is -0.125. The average Bonchev–Trinajstić information content (AvgIpc) is 2.63. The molecule has 1 atom stereocenters. The zero-order valence-electron chi connectivity index (χ0n) is 15.0. The second kappa shape index (κ2) is 6.84. The summed E-state index contributed by atoms with van der Waals surface area (Å²) < 4.78 is 15.9. The van der Waals surface area contributed by atoms with Crippen molar-refractivity contribution in [3.8, 4) is 11.5 Å². The molecule has 0 spiro atoms. The number of hydrogen-bond acceptors (Lipinski definition) is 5. The Kier molecular flexibility index (Phi) is 4.77. The van der Waals surface area contributed by atoms with Crippen LogP contribution < -0.4 is 9.47 Å². The standard InChI is InChI=1S/C20H23NO4/c1-20(2)17-10-14(24-4)6-5-13(17)9-16(19(20)22)15-7-8-21-11-18(15)25-12-23-3/h5-8,10-11,16H,9,12H2,1-4H3. The fourth-order valence-corrected chi connectivity index (χ4v) is 3.50. The number of benzene rings is 1. The van der Waals surface area contributed by atoms with Crippen molar-refractivity contribution in [2.75, 3.05) is 21.0 Å². The van der Waals surface area contributed by atoms with Gasteiger partial charge in [-0.25, -0.2) is 0 Å². The Morgan fingerprint density at radius 2 is 2.04 bits per heavy atom. The minimum absolute atomic E-state index is 0.122. The van der Waals surface area contributed by atoms with Gasteiger partial charge in [-0.05, 0) is 49.6 Å². The van der Waals surface area contributed by atoms with Crippen molar-refractivity contribution in [2.24, 2.45) is 0 Å². The predicted octanol–water partition coefficient (Wildman–Crippen LogP) is 3.26. The molecule has 0 bridgehead atoms.